The predicted molar refractivity (Wildman–Crippen MR) is 125 cm³/mol. The van der Waals surface area contributed by atoms with Crippen LogP contribution in [0.25, 0.3) is 0 Å². The molecular weight excluding hydrogens is 396 g/mol. The van der Waals surface area contributed by atoms with Crippen molar-refractivity contribution in [3.63, 3.8) is 0 Å². The number of guanidine groups is 1. The number of morpholine rings is 1. The summed E-state index contributed by atoms with van der Waals surface area (Å²) in [5.74, 6) is 3.35. The van der Waals surface area contributed by atoms with Crippen LogP contribution in [0, 0.1) is 5.92 Å². The van der Waals surface area contributed by atoms with Gasteiger partial charge in [-0.2, -0.15) is 0 Å². The highest BCUT2D eigenvalue weighted by Crippen LogP contribution is 2.39. The standard InChI is InChI=1S/C23H40N4O4/c1-7-24-23(26-16-19(17(2)3)27-12-14-31-15-13-27)25-11-10-18-8-9-20(28-4)22(30-6)21(18)29-5/h8-9,17,19H,7,10-16H2,1-6H3,(H2,24,25,26). The normalized spacial score (nSPS) is 16.2. The molecule has 0 aromatic heterocycles. The van der Waals surface area contributed by atoms with Gasteiger partial charge in [0.2, 0.25) is 5.75 Å². The number of aliphatic imine (C=N–C) groups is 1. The van der Waals surface area contributed by atoms with Crippen molar-refractivity contribution in [2.75, 3.05) is 67.3 Å². The lowest BCUT2D eigenvalue weighted by Gasteiger charge is -2.36. The first-order valence-electron chi connectivity index (χ1n) is 11.2. The molecule has 1 aliphatic heterocycles. The van der Waals surface area contributed by atoms with Crippen molar-refractivity contribution in [2.45, 2.75) is 33.2 Å². The molecule has 1 fully saturated rings. The quantitative estimate of drug-likeness (QED) is 0.407. The van der Waals surface area contributed by atoms with Gasteiger partial charge in [0.1, 0.15) is 0 Å². The number of rotatable bonds is 11. The summed E-state index contributed by atoms with van der Waals surface area (Å²) in [7, 11) is 4.90. The van der Waals surface area contributed by atoms with Crippen LogP contribution in [0.5, 0.6) is 17.2 Å². The number of hydrogen-bond donors (Lipinski definition) is 2. The van der Waals surface area contributed by atoms with Gasteiger partial charge in [-0.15, -0.1) is 0 Å². The lowest BCUT2D eigenvalue weighted by Crippen LogP contribution is -2.48. The predicted octanol–water partition coefficient (Wildman–Crippen LogP) is 2.17. The summed E-state index contributed by atoms with van der Waals surface area (Å²) >= 11 is 0. The van der Waals surface area contributed by atoms with E-state index in [9.17, 15) is 0 Å². The molecule has 0 saturated carbocycles. The van der Waals surface area contributed by atoms with E-state index in [1.807, 2.05) is 12.1 Å². The maximum Gasteiger partial charge on any atom is 0.203 e. The van der Waals surface area contributed by atoms with Crippen molar-refractivity contribution in [3.05, 3.63) is 17.7 Å². The molecule has 2 rings (SSSR count). The van der Waals surface area contributed by atoms with Gasteiger partial charge < -0.3 is 29.6 Å². The summed E-state index contributed by atoms with van der Waals surface area (Å²) in [5, 5.41) is 6.81. The summed E-state index contributed by atoms with van der Waals surface area (Å²) in [6.07, 6.45) is 0.769. The minimum Gasteiger partial charge on any atom is -0.493 e. The van der Waals surface area contributed by atoms with E-state index in [2.05, 4.69) is 36.3 Å². The van der Waals surface area contributed by atoms with Crippen molar-refractivity contribution in [3.8, 4) is 17.2 Å². The summed E-state index contributed by atoms with van der Waals surface area (Å²) in [4.78, 5) is 7.38. The van der Waals surface area contributed by atoms with Crippen molar-refractivity contribution in [2.24, 2.45) is 10.9 Å². The second-order valence-electron chi connectivity index (χ2n) is 7.85. The van der Waals surface area contributed by atoms with Gasteiger partial charge in [0.15, 0.2) is 17.5 Å². The minimum absolute atomic E-state index is 0.408. The van der Waals surface area contributed by atoms with Crippen LogP contribution in [0.2, 0.25) is 0 Å². The van der Waals surface area contributed by atoms with Crippen LogP contribution in [0.3, 0.4) is 0 Å². The zero-order valence-corrected chi connectivity index (χ0v) is 20.0. The van der Waals surface area contributed by atoms with Crippen LogP contribution in [0.15, 0.2) is 17.1 Å². The molecule has 1 unspecified atom stereocenters. The van der Waals surface area contributed by atoms with Crippen molar-refractivity contribution < 1.29 is 18.9 Å². The monoisotopic (exact) mass is 436 g/mol. The summed E-state index contributed by atoms with van der Waals surface area (Å²) < 4.78 is 22.0. The summed E-state index contributed by atoms with van der Waals surface area (Å²) in [6.45, 7) is 12.5. The third-order valence-electron chi connectivity index (χ3n) is 5.54. The molecule has 1 heterocycles. The maximum absolute atomic E-state index is 5.59. The lowest BCUT2D eigenvalue weighted by molar-refractivity contribution is 0.00867. The Kier molecular flexibility index (Phi) is 10.7. The van der Waals surface area contributed by atoms with Gasteiger partial charge in [0, 0.05) is 37.8 Å². The van der Waals surface area contributed by atoms with Gasteiger partial charge in [0.05, 0.1) is 41.1 Å². The molecule has 2 N–H and O–H groups in total. The Morgan fingerprint density at radius 1 is 1.06 bits per heavy atom. The van der Waals surface area contributed by atoms with E-state index in [0.29, 0.717) is 29.2 Å². The Morgan fingerprint density at radius 3 is 2.35 bits per heavy atom. The smallest absolute Gasteiger partial charge is 0.203 e. The molecule has 0 amide bonds. The molecule has 0 aliphatic carbocycles. The molecule has 1 saturated heterocycles. The molecule has 1 aromatic rings. The lowest BCUT2D eigenvalue weighted by atomic mass is 10.0. The molecule has 8 heteroatoms. The maximum atomic E-state index is 5.59. The van der Waals surface area contributed by atoms with E-state index in [4.69, 9.17) is 23.9 Å². The van der Waals surface area contributed by atoms with Gasteiger partial charge in [-0.05, 0) is 25.3 Å². The van der Waals surface area contributed by atoms with Crippen molar-refractivity contribution in [1.82, 2.24) is 15.5 Å². The van der Waals surface area contributed by atoms with Gasteiger partial charge in [0.25, 0.3) is 0 Å². The van der Waals surface area contributed by atoms with Crippen LogP contribution in [-0.2, 0) is 11.2 Å². The number of hydrogen-bond acceptors (Lipinski definition) is 6. The highest BCUT2D eigenvalue weighted by atomic mass is 16.5. The van der Waals surface area contributed by atoms with Crippen molar-refractivity contribution in [1.29, 1.82) is 0 Å². The molecule has 1 aromatic carbocycles. The van der Waals surface area contributed by atoms with E-state index >= 15 is 0 Å². The number of methoxy groups -OCH3 is 3. The van der Waals surface area contributed by atoms with E-state index in [0.717, 1.165) is 63.9 Å². The molecule has 31 heavy (non-hydrogen) atoms. The first kappa shape index (κ1) is 25.1. The molecule has 0 bridgehead atoms. The average molecular weight is 437 g/mol. The van der Waals surface area contributed by atoms with E-state index in [-0.39, 0.29) is 0 Å². The Balaban J connectivity index is 2.01. The second-order valence-corrected chi connectivity index (χ2v) is 7.85. The van der Waals surface area contributed by atoms with Gasteiger partial charge >= 0.3 is 0 Å². The SMILES string of the molecule is CCNC(=NCC(C(C)C)N1CCOCC1)NCCc1ccc(OC)c(OC)c1OC. The van der Waals surface area contributed by atoms with Crippen LogP contribution in [0.4, 0.5) is 0 Å². The highest BCUT2D eigenvalue weighted by molar-refractivity contribution is 5.79. The molecular formula is C23H40N4O4. The number of nitrogens with one attached hydrogen (secondary N) is 2. The molecule has 1 atom stereocenters. The fourth-order valence-corrected chi connectivity index (χ4v) is 3.86. The number of nitrogens with zero attached hydrogens (tertiary/aromatic N) is 2. The topological polar surface area (TPSA) is 76.6 Å². The van der Waals surface area contributed by atoms with Crippen LogP contribution in [0.1, 0.15) is 26.3 Å². The van der Waals surface area contributed by atoms with E-state index in [1.54, 1.807) is 21.3 Å². The Hall–Kier alpha value is -2.19. The molecule has 0 radical (unpaired) electrons. The highest BCUT2D eigenvalue weighted by Gasteiger charge is 2.23. The van der Waals surface area contributed by atoms with Gasteiger partial charge in [-0.1, -0.05) is 19.9 Å². The Morgan fingerprint density at radius 2 is 1.77 bits per heavy atom. The van der Waals surface area contributed by atoms with Crippen LogP contribution in [-0.4, -0.2) is 84.2 Å². The molecule has 176 valence electrons. The van der Waals surface area contributed by atoms with Crippen molar-refractivity contribution >= 4 is 5.96 Å². The third kappa shape index (κ3) is 7.18. The molecule has 1 aliphatic rings. The summed E-state index contributed by atoms with van der Waals surface area (Å²) in [6, 6.07) is 4.33. The fourth-order valence-electron chi connectivity index (χ4n) is 3.86. The van der Waals surface area contributed by atoms with E-state index in [1.165, 1.54) is 0 Å². The fraction of sp³-hybridized carbons (Fsp3) is 0.696. The zero-order chi connectivity index (χ0) is 22.6. The first-order chi connectivity index (χ1) is 15.0. The number of benzene rings is 1. The van der Waals surface area contributed by atoms with Gasteiger partial charge in [-0.25, -0.2) is 0 Å². The van der Waals surface area contributed by atoms with E-state index < -0.39 is 0 Å². The van der Waals surface area contributed by atoms with Crippen LogP contribution >= 0.6 is 0 Å². The summed E-state index contributed by atoms with van der Waals surface area (Å²) in [5.41, 5.74) is 1.05. The first-order valence-corrected chi connectivity index (χ1v) is 11.2. The zero-order valence-electron chi connectivity index (χ0n) is 20.0. The molecule has 8 nitrogen and oxygen atoms in total. The minimum atomic E-state index is 0.408. The Labute approximate surface area is 187 Å². The molecule has 0 spiro atoms. The third-order valence-corrected chi connectivity index (χ3v) is 5.54. The van der Waals surface area contributed by atoms with Gasteiger partial charge in [-0.3, -0.25) is 9.89 Å². The van der Waals surface area contributed by atoms with Crippen LogP contribution < -0.4 is 24.8 Å². The largest absolute Gasteiger partial charge is 0.493 e. The average Bonchev–Trinajstić information content (AvgIpc) is 2.79. The Bertz CT molecular complexity index is 690. The number of ether oxygens (including phenoxy) is 4. The second kappa shape index (κ2) is 13.3.